The topological polar surface area (TPSA) is 55.6 Å². The highest BCUT2D eigenvalue weighted by Gasteiger charge is 2.25. The second-order valence-electron chi connectivity index (χ2n) is 4.17. The maximum absolute atomic E-state index is 11.8. The summed E-state index contributed by atoms with van der Waals surface area (Å²) in [6.07, 6.45) is 4.09. The third-order valence-corrected chi connectivity index (χ3v) is 2.85. The molecule has 0 aromatic heterocycles. The Bertz CT molecular complexity index is 191. The summed E-state index contributed by atoms with van der Waals surface area (Å²) in [6.45, 7) is 2.92. The molecule has 2 N–H and O–H groups in total. The summed E-state index contributed by atoms with van der Waals surface area (Å²) in [5.74, 6) is 0.338. The molecule has 1 unspecified atom stereocenters. The number of ether oxygens (including phenoxy) is 1. The van der Waals surface area contributed by atoms with Crippen molar-refractivity contribution in [1.82, 2.24) is 4.90 Å². The minimum absolute atomic E-state index is 0.101. The number of carbonyl (C=O) groups is 1. The molecule has 0 radical (unpaired) electrons. The number of rotatable bonds is 6. The van der Waals surface area contributed by atoms with Gasteiger partial charge in [-0.1, -0.05) is 6.42 Å². The summed E-state index contributed by atoms with van der Waals surface area (Å²) in [7, 11) is 1.88. The Hall–Kier alpha value is -0.610. The number of carbonyl (C=O) groups excluding carboxylic acids is 1. The van der Waals surface area contributed by atoms with Crippen molar-refractivity contribution in [2.75, 3.05) is 33.4 Å². The van der Waals surface area contributed by atoms with Gasteiger partial charge in [-0.2, -0.15) is 0 Å². The molecule has 1 aliphatic heterocycles. The fourth-order valence-electron chi connectivity index (χ4n) is 1.82. The predicted octanol–water partition coefficient (Wildman–Crippen LogP) is 0.610. The summed E-state index contributed by atoms with van der Waals surface area (Å²) in [5.41, 5.74) is 5.41. The number of unbranched alkanes of at least 4 members (excludes halogenated alkanes) is 2. The SMILES string of the molecule is CN(CCCCCN)C(=O)C1CCOC1. The first kappa shape index (κ1) is 12.5. The van der Waals surface area contributed by atoms with Gasteiger partial charge in [0.05, 0.1) is 12.5 Å². The van der Waals surface area contributed by atoms with Gasteiger partial charge in [-0.15, -0.1) is 0 Å². The van der Waals surface area contributed by atoms with Gasteiger partial charge < -0.3 is 15.4 Å². The van der Waals surface area contributed by atoms with Gasteiger partial charge in [0.2, 0.25) is 5.91 Å². The molecule has 1 aliphatic rings. The lowest BCUT2D eigenvalue weighted by atomic mass is 10.1. The zero-order chi connectivity index (χ0) is 11.1. The molecule has 88 valence electrons. The lowest BCUT2D eigenvalue weighted by Gasteiger charge is -2.20. The largest absolute Gasteiger partial charge is 0.381 e. The Balaban J connectivity index is 2.14. The fourth-order valence-corrected chi connectivity index (χ4v) is 1.82. The molecule has 1 saturated heterocycles. The molecule has 0 aromatic carbocycles. The average molecular weight is 214 g/mol. The van der Waals surface area contributed by atoms with Crippen LogP contribution in [0.5, 0.6) is 0 Å². The average Bonchev–Trinajstić information content (AvgIpc) is 2.76. The van der Waals surface area contributed by atoms with Gasteiger partial charge in [0.25, 0.3) is 0 Å². The normalized spacial score (nSPS) is 20.5. The first-order valence-electron chi connectivity index (χ1n) is 5.78. The summed E-state index contributed by atoms with van der Waals surface area (Å²) in [6, 6.07) is 0. The molecule has 0 aliphatic carbocycles. The van der Waals surface area contributed by atoms with E-state index >= 15 is 0 Å². The van der Waals surface area contributed by atoms with E-state index < -0.39 is 0 Å². The zero-order valence-corrected chi connectivity index (χ0v) is 9.58. The maximum atomic E-state index is 11.8. The van der Waals surface area contributed by atoms with E-state index in [4.69, 9.17) is 10.5 Å². The van der Waals surface area contributed by atoms with Crippen molar-refractivity contribution in [3.63, 3.8) is 0 Å². The minimum Gasteiger partial charge on any atom is -0.381 e. The number of nitrogens with zero attached hydrogens (tertiary/aromatic N) is 1. The van der Waals surface area contributed by atoms with Crippen molar-refractivity contribution in [1.29, 1.82) is 0 Å². The minimum atomic E-state index is 0.101. The van der Waals surface area contributed by atoms with Crippen molar-refractivity contribution in [3.05, 3.63) is 0 Å². The van der Waals surface area contributed by atoms with Crippen LogP contribution in [0.3, 0.4) is 0 Å². The van der Waals surface area contributed by atoms with Gasteiger partial charge in [-0.25, -0.2) is 0 Å². The van der Waals surface area contributed by atoms with Crippen LogP contribution < -0.4 is 5.73 Å². The second-order valence-corrected chi connectivity index (χ2v) is 4.17. The highest BCUT2D eigenvalue weighted by atomic mass is 16.5. The van der Waals surface area contributed by atoms with Crippen LogP contribution in [0, 0.1) is 5.92 Å². The summed E-state index contributed by atoms with van der Waals surface area (Å²) in [5, 5.41) is 0. The van der Waals surface area contributed by atoms with Crippen molar-refractivity contribution >= 4 is 5.91 Å². The second kappa shape index (κ2) is 6.80. The number of hydrogen-bond acceptors (Lipinski definition) is 3. The molecule has 4 heteroatoms. The monoisotopic (exact) mass is 214 g/mol. The van der Waals surface area contributed by atoms with Crippen molar-refractivity contribution in [2.24, 2.45) is 11.7 Å². The van der Waals surface area contributed by atoms with Crippen LogP contribution in [0.25, 0.3) is 0 Å². The maximum Gasteiger partial charge on any atom is 0.227 e. The van der Waals surface area contributed by atoms with Crippen molar-refractivity contribution in [2.45, 2.75) is 25.7 Å². The Kier molecular flexibility index (Phi) is 5.65. The summed E-state index contributed by atoms with van der Waals surface area (Å²) >= 11 is 0. The molecule has 1 fully saturated rings. The molecule has 15 heavy (non-hydrogen) atoms. The van der Waals surface area contributed by atoms with Gasteiger partial charge in [0.1, 0.15) is 0 Å². The van der Waals surface area contributed by atoms with E-state index in [1.807, 2.05) is 11.9 Å². The van der Waals surface area contributed by atoms with Gasteiger partial charge in [0.15, 0.2) is 0 Å². The van der Waals surface area contributed by atoms with Crippen LogP contribution in [0.4, 0.5) is 0 Å². The third-order valence-electron chi connectivity index (χ3n) is 2.85. The van der Waals surface area contributed by atoms with E-state index in [9.17, 15) is 4.79 Å². The molecular weight excluding hydrogens is 192 g/mol. The van der Waals surface area contributed by atoms with Crippen LogP contribution in [0.15, 0.2) is 0 Å². The molecule has 0 bridgehead atoms. The number of nitrogens with two attached hydrogens (primary N) is 1. The Morgan fingerprint density at radius 1 is 1.47 bits per heavy atom. The number of amides is 1. The standard InChI is InChI=1S/C11H22N2O2/c1-13(7-4-2-3-6-12)11(14)10-5-8-15-9-10/h10H,2-9,12H2,1H3. The van der Waals surface area contributed by atoms with E-state index in [1.165, 1.54) is 0 Å². The molecule has 0 spiro atoms. The van der Waals surface area contributed by atoms with Gasteiger partial charge in [0, 0.05) is 20.2 Å². The van der Waals surface area contributed by atoms with Crippen LogP contribution in [-0.4, -0.2) is 44.2 Å². The zero-order valence-electron chi connectivity index (χ0n) is 9.58. The quantitative estimate of drug-likeness (QED) is 0.659. The van der Waals surface area contributed by atoms with Gasteiger partial charge >= 0.3 is 0 Å². The molecule has 4 nitrogen and oxygen atoms in total. The highest BCUT2D eigenvalue weighted by Crippen LogP contribution is 2.15. The molecule has 1 atom stereocenters. The number of hydrogen-bond donors (Lipinski definition) is 1. The van der Waals surface area contributed by atoms with Crippen LogP contribution >= 0.6 is 0 Å². The lowest BCUT2D eigenvalue weighted by molar-refractivity contribution is -0.134. The third kappa shape index (κ3) is 4.18. The molecule has 1 heterocycles. The van der Waals surface area contributed by atoms with E-state index in [1.54, 1.807) is 0 Å². The molecule has 0 saturated carbocycles. The smallest absolute Gasteiger partial charge is 0.227 e. The predicted molar refractivity (Wildman–Crippen MR) is 59.5 cm³/mol. The summed E-state index contributed by atoms with van der Waals surface area (Å²) < 4.78 is 5.21. The molecular formula is C11H22N2O2. The molecule has 1 rings (SSSR count). The Labute approximate surface area is 91.8 Å². The molecule has 1 amide bonds. The van der Waals surface area contributed by atoms with Gasteiger partial charge in [-0.3, -0.25) is 4.79 Å². The van der Waals surface area contributed by atoms with E-state index in [2.05, 4.69) is 0 Å². The van der Waals surface area contributed by atoms with E-state index in [-0.39, 0.29) is 11.8 Å². The van der Waals surface area contributed by atoms with Crippen LogP contribution in [0.1, 0.15) is 25.7 Å². The van der Waals surface area contributed by atoms with Crippen LogP contribution in [-0.2, 0) is 9.53 Å². The first-order chi connectivity index (χ1) is 7.25. The Morgan fingerprint density at radius 3 is 2.87 bits per heavy atom. The lowest BCUT2D eigenvalue weighted by Crippen LogP contribution is -2.33. The molecule has 0 aromatic rings. The van der Waals surface area contributed by atoms with Gasteiger partial charge in [-0.05, 0) is 25.8 Å². The van der Waals surface area contributed by atoms with E-state index in [0.717, 1.165) is 45.4 Å². The fraction of sp³-hybridized carbons (Fsp3) is 0.909. The van der Waals surface area contributed by atoms with E-state index in [0.29, 0.717) is 6.61 Å². The van der Waals surface area contributed by atoms with Crippen LogP contribution in [0.2, 0.25) is 0 Å². The summed E-state index contributed by atoms with van der Waals surface area (Å²) in [4.78, 5) is 13.7. The van der Waals surface area contributed by atoms with Crippen molar-refractivity contribution in [3.8, 4) is 0 Å². The Morgan fingerprint density at radius 2 is 2.27 bits per heavy atom. The van der Waals surface area contributed by atoms with Crippen molar-refractivity contribution < 1.29 is 9.53 Å². The highest BCUT2D eigenvalue weighted by molar-refractivity contribution is 5.78. The first-order valence-corrected chi connectivity index (χ1v) is 5.78.